The highest BCUT2D eigenvalue weighted by molar-refractivity contribution is 5.87. The van der Waals surface area contributed by atoms with Crippen molar-refractivity contribution in [3.05, 3.63) is 34.2 Å². The SMILES string of the molecule is CCC(NC(C)=O)C(=O)N1C[C@@H]2C[C@H](C1)c1cccc(=O)n1C2. The topological polar surface area (TPSA) is 71.4 Å². The molecule has 3 atom stereocenters. The molecule has 23 heavy (non-hydrogen) atoms. The first kappa shape index (κ1) is 15.8. The molecular weight excluding hydrogens is 294 g/mol. The van der Waals surface area contributed by atoms with Crippen LogP contribution in [0.5, 0.6) is 0 Å². The summed E-state index contributed by atoms with van der Waals surface area (Å²) in [6, 6.07) is 4.92. The first-order chi connectivity index (χ1) is 11.0. The molecule has 2 amide bonds. The third-order valence-corrected chi connectivity index (χ3v) is 4.88. The fraction of sp³-hybridized carbons (Fsp3) is 0.588. The minimum Gasteiger partial charge on any atom is -0.345 e. The van der Waals surface area contributed by atoms with Gasteiger partial charge in [0.25, 0.3) is 5.56 Å². The van der Waals surface area contributed by atoms with E-state index in [0.717, 1.165) is 12.1 Å². The van der Waals surface area contributed by atoms with Crippen molar-refractivity contribution in [3.63, 3.8) is 0 Å². The van der Waals surface area contributed by atoms with E-state index in [9.17, 15) is 14.4 Å². The maximum atomic E-state index is 12.7. The van der Waals surface area contributed by atoms with E-state index in [1.807, 2.05) is 22.5 Å². The summed E-state index contributed by atoms with van der Waals surface area (Å²) in [5.41, 5.74) is 1.07. The van der Waals surface area contributed by atoms with E-state index in [0.29, 0.717) is 32.0 Å². The van der Waals surface area contributed by atoms with Gasteiger partial charge in [-0.15, -0.1) is 0 Å². The second-order valence-corrected chi connectivity index (χ2v) is 6.60. The van der Waals surface area contributed by atoms with E-state index in [-0.39, 0.29) is 23.3 Å². The van der Waals surface area contributed by atoms with Crippen molar-refractivity contribution in [2.24, 2.45) is 5.92 Å². The van der Waals surface area contributed by atoms with Crippen LogP contribution in [-0.4, -0.2) is 40.4 Å². The Labute approximate surface area is 135 Å². The Balaban J connectivity index is 1.81. The van der Waals surface area contributed by atoms with Crippen LogP contribution in [0, 0.1) is 5.92 Å². The molecule has 1 unspecified atom stereocenters. The fourth-order valence-electron chi connectivity index (χ4n) is 3.88. The highest BCUT2D eigenvalue weighted by Crippen LogP contribution is 2.35. The first-order valence-corrected chi connectivity index (χ1v) is 8.25. The zero-order valence-corrected chi connectivity index (χ0v) is 13.6. The number of likely N-dealkylation sites (tertiary alicyclic amines) is 1. The molecule has 2 aliphatic rings. The lowest BCUT2D eigenvalue weighted by Gasteiger charge is -2.43. The molecule has 1 N–H and O–H groups in total. The molecule has 2 bridgehead atoms. The quantitative estimate of drug-likeness (QED) is 0.892. The van der Waals surface area contributed by atoms with Gasteiger partial charge in [-0.25, -0.2) is 0 Å². The molecule has 0 saturated carbocycles. The zero-order valence-electron chi connectivity index (χ0n) is 13.6. The monoisotopic (exact) mass is 317 g/mol. The summed E-state index contributed by atoms with van der Waals surface area (Å²) in [6.07, 6.45) is 1.60. The smallest absolute Gasteiger partial charge is 0.250 e. The van der Waals surface area contributed by atoms with E-state index in [1.54, 1.807) is 12.1 Å². The highest BCUT2D eigenvalue weighted by Gasteiger charge is 2.37. The summed E-state index contributed by atoms with van der Waals surface area (Å²) in [4.78, 5) is 37.9. The Bertz CT molecular complexity index is 682. The van der Waals surface area contributed by atoms with Crippen LogP contribution in [0.15, 0.2) is 23.0 Å². The molecule has 6 heteroatoms. The van der Waals surface area contributed by atoms with Gasteiger partial charge in [-0.1, -0.05) is 13.0 Å². The van der Waals surface area contributed by atoms with Gasteiger partial charge in [0.05, 0.1) is 0 Å². The van der Waals surface area contributed by atoms with Crippen molar-refractivity contribution in [2.45, 2.75) is 45.2 Å². The van der Waals surface area contributed by atoms with Gasteiger partial charge < -0.3 is 14.8 Å². The molecule has 3 rings (SSSR count). The Kier molecular flexibility index (Phi) is 4.24. The van der Waals surface area contributed by atoms with Gasteiger partial charge in [-0.3, -0.25) is 14.4 Å². The van der Waals surface area contributed by atoms with Crippen LogP contribution in [0.25, 0.3) is 0 Å². The zero-order chi connectivity index (χ0) is 16.6. The molecule has 1 fully saturated rings. The van der Waals surface area contributed by atoms with Crippen molar-refractivity contribution < 1.29 is 9.59 Å². The maximum Gasteiger partial charge on any atom is 0.250 e. The van der Waals surface area contributed by atoms with Crippen LogP contribution in [-0.2, 0) is 16.1 Å². The minimum absolute atomic E-state index is 0.0101. The molecule has 0 radical (unpaired) electrons. The minimum atomic E-state index is -0.454. The van der Waals surface area contributed by atoms with Gasteiger partial charge in [-0.05, 0) is 24.8 Å². The predicted molar refractivity (Wildman–Crippen MR) is 86.0 cm³/mol. The summed E-state index contributed by atoms with van der Waals surface area (Å²) in [6.45, 7) is 5.29. The fourth-order valence-corrected chi connectivity index (χ4v) is 3.88. The third kappa shape index (κ3) is 3.02. The van der Waals surface area contributed by atoms with Gasteiger partial charge in [0, 0.05) is 44.2 Å². The third-order valence-electron chi connectivity index (χ3n) is 4.88. The van der Waals surface area contributed by atoms with Crippen molar-refractivity contribution >= 4 is 11.8 Å². The van der Waals surface area contributed by atoms with Crippen LogP contribution in [0.1, 0.15) is 38.3 Å². The van der Waals surface area contributed by atoms with E-state index >= 15 is 0 Å². The number of nitrogens with zero attached hydrogens (tertiary/aromatic N) is 2. The van der Waals surface area contributed by atoms with Gasteiger partial charge in [0.1, 0.15) is 6.04 Å². The van der Waals surface area contributed by atoms with E-state index in [2.05, 4.69) is 5.32 Å². The van der Waals surface area contributed by atoms with Crippen LogP contribution >= 0.6 is 0 Å². The number of fused-ring (bicyclic) bond motifs is 4. The maximum absolute atomic E-state index is 12.7. The van der Waals surface area contributed by atoms with Crippen molar-refractivity contribution in [2.75, 3.05) is 13.1 Å². The molecule has 1 aromatic rings. The standard InChI is InChI=1S/C17H23N3O3/c1-3-14(18-11(2)21)17(23)19-8-12-7-13(10-19)15-5-4-6-16(22)20(15)9-12/h4-6,12-14H,3,7-10H2,1-2H3,(H,18,21)/t12-,13+,14?/m0/s1. The summed E-state index contributed by atoms with van der Waals surface area (Å²) >= 11 is 0. The van der Waals surface area contributed by atoms with Gasteiger partial charge in [0.15, 0.2) is 0 Å². The summed E-state index contributed by atoms with van der Waals surface area (Å²) in [5.74, 6) is 0.318. The van der Waals surface area contributed by atoms with Crippen LogP contribution in [0.3, 0.4) is 0 Å². The number of piperidine rings is 1. The lowest BCUT2D eigenvalue weighted by atomic mass is 9.83. The van der Waals surface area contributed by atoms with Crippen molar-refractivity contribution in [1.82, 2.24) is 14.8 Å². The average molecular weight is 317 g/mol. The molecule has 0 aliphatic carbocycles. The Morgan fingerprint density at radius 1 is 1.30 bits per heavy atom. The molecule has 0 spiro atoms. The van der Waals surface area contributed by atoms with Crippen LogP contribution < -0.4 is 10.9 Å². The van der Waals surface area contributed by atoms with Gasteiger partial charge in [-0.2, -0.15) is 0 Å². The summed E-state index contributed by atoms with van der Waals surface area (Å²) in [5, 5.41) is 2.74. The summed E-state index contributed by atoms with van der Waals surface area (Å²) in [7, 11) is 0. The number of carbonyl (C=O) groups excluding carboxylic acids is 2. The van der Waals surface area contributed by atoms with Crippen LogP contribution in [0.4, 0.5) is 0 Å². The summed E-state index contributed by atoms with van der Waals surface area (Å²) < 4.78 is 1.85. The number of rotatable bonds is 3. The second kappa shape index (κ2) is 6.18. The Morgan fingerprint density at radius 3 is 2.78 bits per heavy atom. The van der Waals surface area contributed by atoms with E-state index in [4.69, 9.17) is 0 Å². The predicted octanol–water partition coefficient (Wildman–Crippen LogP) is 0.709. The molecule has 1 aromatic heterocycles. The lowest BCUT2D eigenvalue weighted by Crippen LogP contribution is -2.54. The molecule has 0 aromatic carbocycles. The molecule has 6 nitrogen and oxygen atoms in total. The van der Waals surface area contributed by atoms with Crippen molar-refractivity contribution in [1.29, 1.82) is 0 Å². The lowest BCUT2D eigenvalue weighted by molar-refractivity contribution is -0.138. The molecule has 124 valence electrons. The normalized spacial score (nSPS) is 23.8. The number of hydrogen-bond donors (Lipinski definition) is 1. The second-order valence-electron chi connectivity index (χ2n) is 6.60. The number of hydrogen-bond acceptors (Lipinski definition) is 3. The van der Waals surface area contributed by atoms with Crippen molar-refractivity contribution in [3.8, 4) is 0 Å². The van der Waals surface area contributed by atoms with E-state index < -0.39 is 6.04 Å². The largest absolute Gasteiger partial charge is 0.345 e. The molecule has 1 saturated heterocycles. The average Bonchev–Trinajstić information content (AvgIpc) is 2.52. The highest BCUT2D eigenvalue weighted by atomic mass is 16.2. The number of nitrogens with one attached hydrogen (secondary N) is 1. The molecular formula is C17H23N3O3. The number of pyridine rings is 1. The van der Waals surface area contributed by atoms with Crippen LogP contribution in [0.2, 0.25) is 0 Å². The molecule has 2 aliphatic heterocycles. The number of amides is 2. The Morgan fingerprint density at radius 2 is 2.09 bits per heavy atom. The number of aromatic nitrogens is 1. The van der Waals surface area contributed by atoms with Gasteiger partial charge in [0.2, 0.25) is 11.8 Å². The van der Waals surface area contributed by atoms with Gasteiger partial charge >= 0.3 is 0 Å². The number of carbonyl (C=O) groups is 2. The Hall–Kier alpha value is -2.11. The van der Waals surface area contributed by atoms with E-state index in [1.165, 1.54) is 6.92 Å². The molecule has 3 heterocycles. The first-order valence-electron chi connectivity index (χ1n) is 8.25.